The monoisotopic (exact) mass is 333 g/mol. The van der Waals surface area contributed by atoms with Gasteiger partial charge >= 0.3 is 12.0 Å². The number of aryl methyl sites for hydroxylation is 1. The van der Waals surface area contributed by atoms with Gasteiger partial charge in [0.05, 0.1) is 12.5 Å². The lowest BCUT2D eigenvalue weighted by atomic mass is 9.98. The second-order valence-electron chi connectivity index (χ2n) is 5.56. The first-order valence-electron chi connectivity index (χ1n) is 7.55. The van der Waals surface area contributed by atoms with Crippen LogP contribution >= 0.6 is 0 Å². The summed E-state index contributed by atoms with van der Waals surface area (Å²) in [7, 11) is 0. The van der Waals surface area contributed by atoms with Crippen LogP contribution in [-0.4, -0.2) is 46.4 Å². The van der Waals surface area contributed by atoms with Gasteiger partial charge in [-0.25, -0.2) is 4.79 Å². The molecule has 1 unspecified atom stereocenters. The van der Waals surface area contributed by atoms with Gasteiger partial charge in [0, 0.05) is 25.1 Å². The quantitative estimate of drug-likeness (QED) is 0.674. The maximum absolute atomic E-state index is 12.2. The summed E-state index contributed by atoms with van der Waals surface area (Å²) in [6, 6.07) is 6.10. The van der Waals surface area contributed by atoms with Crippen molar-refractivity contribution in [3.8, 4) is 0 Å². The smallest absolute Gasteiger partial charge is 0.328 e. The topological polar surface area (TPSA) is 116 Å². The van der Waals surface area contributed by atoms with Crippen molar-refractivity contribution in [1.82, 2.24) is 10.2 Å². The molecule has 0 radical (unpaired) electrons. The lowest BCUT2D eigenvalue weighted by Crippen LogP contribution is -2.58. The number of para-hydroxylation sites is 1. The molecule has 128 valence electrons. The fourth-order valence-electron chi connectivity index (χ4n) is 2.41. The molecule has 1 aliphatic rings. The number of carbonyl (C=O) groups excluding carboxylic acids is 3. The number of likely N-dealkylation sites (tertiary alicyclic amines) is 1. The summed E-state index contributed by atoms with van der Waals surface area (Å²) in [5.41, 5.74) is 1.47. The Hall–Kier alpha value is -2.90. The number of hydrogen-bond donors (Lipinski definition) is 3. The molecule has 1 atom stereocenters. The molecule has 1 fully saturated rings. The van der Waals surface area contributed by atoms with Gasteiger partial charge < -0.3 is 15.7 Å². The summed E-state index contributed by atoms with van der Waals surface area (Å²) >= 11 is 0. The number of aliphatic carboxylic acids is 1. The zero-order chi connectivity index (χ0) is 17.7. The molecule has 0 spiro atoms. The van der Waals surface area contributed by atoms with Crippen LogP contribution in [0.3, 0.4) is 0 Å². The zero-order valence-electron chi connectivity index (χ0n) is 13.2. The summed E-state index contributed by atoms with van der Waals surface area (Å²) < 4.78 is 0. The van der Waals surface area contributed by atoms with Crippen LogP contribution in [0.4, 0.5) is 10.5 Å². The lowest BCUT2D eigenvalue weighted by Gasteiger charge is -2.38. The van der Waals surface area contributed by atoms with Gasteiger partial charge in [0.1, 0.15) is 0 Å². The Labute approximate surface area is 138 Å². The number of nitrogens with one attached hydrogen (secondary N) is 2. The molecule has 0 saturated carbocycles. The van der Waals surface area contributed by atoms with Crippen LogP contribution in [0.2, 0.25) is 0 Å². The average Bonchev–Trinajstić information content (AvgIpc) is 2.48. The summed E-state index contributed by atoms with van der Waals surface area (Å²) in [5.74, 6) is -1.74. The minimum absolute atomic E-state index is 0.0181. The molecule has 8 heteroatoms. The third kappa shape index (κ3) is 4.31. The predicted octanol–water partition coefficient (Wildman–Crippen LogP) is 1.11. The second-order valence-corrected chi connectivity index (χ2v) is 5.56. The number of amides is 4. The van der Waals surface area contributed by atoms with E-state index in [0.29, 0.717) is 5.69 Å². The van der Waals surface area contributed by atoms with Gasteiger partial charge in [-0.3, -0.25) is 19.3 Å². The third-order valence-electron chi connectivity index (χ3n) is 3.73. The fourth-order valence-corrected chi connectivity index (χ4v) is 2.41. The minimum Gasteiger partial charge on any atom is -0.481 e. The molecule has 1 heterocycles. The van der Waals surface area contributed by atoms with E-state index < -0.39 is 18.0 Å². The molecule has 0 aromatic heterocycles. The Kier molecular flexibility index (Phi) is 5.51. The SMILES string of the molecule is Cc1ccccc1NC(=O)N1C(=O)CC1CC(=O)NCCC(=O)O. The van der Waals surface area contributed by atoms with Crippen LogP contribution in [0, 0.1) is 6.92 Å². The molecule has 24 heavy (non-hydrogen) atoms. The molecule has 1 saturated heterocycles. The first kappa shape index (κ1) is 17.5. The van der Waals surface area contributed by atoms with Crippen LogP contribution in [0.1, 0.15) is 24.8 Å². The zero-order valence-corrected chi connectivity index (χ0v) is 13.2. The van der Waals surface area contributed by atoms with Crippen LogP contribution < -0.4 is 10.6 Å². The molecule has 2 rings (SSSR count). The Bertz CT molecular complexity index is 673. The van der Waals surface area contributed by atoms with Gasteiger partial charge in [-0.1, -0.05) is 18.2 Å². The fraction of sp³-hybridized carbons (Fsp3) is 0.375. The molecule has 1 aromatic carbocycles. The molecule has 4 amide bonds. The summed E-state index contributed by atoms with van der Waals surface area (Å²) in [4.78, 5) is 47.1. The van der Waals surface area contributed by atoms with Crippen molar-refractivity contribution in [1.29, 1.82) is 0 Å². The number of carboxylic acids is 1. The van der Waals surface area contributed by atoms with E-state index in [4.69, 9.17) is 5.11 Å². The molecule has 1 aromatic rings. The largest absolute Gasteiger partial charge is 0.481 e. The molecule has 1 aliphatic heterocycles. The van der Waals surface area contributed by atoms with Gasteiger partial charge in [-0.2, -0.15) is 0 Å². The standard InChI is InChI=1S/C16H19N3O5/c1-10-4-2-3-5-12(10)18-16(24)19-11(9-14(19)21)8-13(20)17-7-6-15(22)23/h2-5,11H,6-9H2,1H3,(H,17,20)(H,18,24)(H,22,23). The summed E-state index contributed by atoms with van der Waals surface area (Å²) in [6.45, 7) is 1.85. The maximum atomic E-state index is 12.2. The number of β-lactam (4-membered cyclic amide) rings is 1. The maximum Gasteiger partial charge on any atom is 0.328 e. The second kappa shape index (κ2) is 7.58. The van der Waals surface area contributed by atoms with Crippen molar-refractivity contribution >= 4 is 29.5 Å². The van der Waals surface area contributed by atoms with E-state index in [1.165, 1.54) is 0 Å². The van der Waals surface area contributed by atoms with Crippen LogP contribution in [-0.2, 0) is 14.4 Å². The van der Waals surface area contributed by atoms with Crippen molar-refractivity contribution < 1.29 is 24.3 Å². The third-order valence-corrected chi connectivity index (χ3v) is 3.73. The van der Waals surface area contributed by atoms with Crippen LogP contribution in [0.5, 0.6) is 0 Å². The highest BCUT2D eigenvalue weighted by atomic mass is 16.4. The van der Waals surface area contributed by atoms with Gasteiger partial charge in [0.15, 0.2) is 0 Å². The minimum atomic E-state index is -1.01. The Morgan fingerprint density at radius 1 is 1.29 bits per heavy atom. The highest BCUT2D eigenvalue weighted by Crippen LogP contribution is 2.24. The summed E-state index contributed by atoms with van der Waals surface area (Å²) in [6.07, 6.45) is -0.0904. The number of hydrogen-bond acceptors (Lipinski definition) is 4. The molecular formula is C16H19N3O5. The molecule has 0 aliphatic carbocycles. The van der Waals surface area contributed by atoms with Crippen LogP contribution in [0.15, 0.2) is 24.3 Å². The predicted molar refractivity (Wildman–Crippen MR) is 85.3 cm³/mol. The van der Waals surface area contributed by atoms with E-state index in [2.05, 4.69) is 10.6 Å². The van der Waals surface area contributed by atoms with Gasteiger partial charge in [0.25, 0.3) is 0 Å². The highest BCUT2D eigenvalue weighted by Gasteiger charge is 2.41. The number of nitrogens with zero attached hydrogens (tertiary/aromatic N) is 1. The van der Waals surface area contributed by atoms with Gasteiger partial charge in [-0.15, -0.1) is 0 Å². The number of anilines is 1. The van der Waals surface area contributed by atoms with Crippen LogP contribution in [0.25, 0.3) is 0 Å². The van der Waals surface area contributed by atoms with Crippen molar-refractivity contribution in [3.63, 3.8) is 0 Å². The number of imide groups is 1. The van der Waals surface area contributed by atoms with E-state index in [1.54, 1.807) is 12.1 Å². The Balaban J connectivity index is 1.88. The van der Waals surface area contributed by atoms with E-state index in [1.807, 2.05) is 19.1 Å². The molecule has 8 nitrogen and oxygen atoms in total. The molecule has 0 bridgehead atoms. The van der Waals surface area contributed by atoms with E-state index in [9.17, 15) is 19.2 Å². The Morgan fingerprint density at radius 3 is 2.62 bits per heavy atom. The molecule has 3 N–H and O–H groups in total. The number of carbonyl (C=O) groups is 4. The van der Waals surface area contributed by atoms with E-state index in [-0.39, 0.29) is 37.6 Å². The van der Waals surface area contributed by atoms with Crippen molar-refractivity contribution in [2.45, 2.75) is 32.2 Å². The lowest BCUT2D eigenvalue weighted by molar-refractivity contribution is -0.141. The van der Waals surface area contributed by atoms with E-state index >= 15 is 0 Å². The van der Waals surface area contributed by atoms with Crippen molar-refractivity contribution in [3.05, 3.63) is 29.8 Å². The first-order chi connectivity index (χ1) is 11.4. The van der Waals surface area contributed by atoms with Crippen molar-refractivity contribution in [2.24, 2.45) is 0 Å². The number of rotatable bonds is 6. The van der Waals surface area contributed by atoms with Gasteiger partial charge in [-0.05, 0) is 18.6 Å². The average molecular weight is 333 g/mol. The van der Waals surface area contributed by atoms with Gasteiger partial charge in [0.2, 0.25) is 11.8 Å². The van der Waals surface area contributed by atoms with Crippen molar-refractivity contribution in [2.75, 3.05) is 11.9 Å². The molecular weight excluding hydrogens is 314 g/mol. The number of benzene rings is 1. The first-order valence-corrected chi connectivity index (χ1v) is 7.55. The highest BCUT2D eigenvalue weighted by molar-refractivity contribution is 6.06. The number of urea groups is 1. The number of carboxylic acid groups (broad SMARTS) is 1. The Morgan fingerprint density at radius 2 is 2.00 bits per heavy atom. The van der Waals surface area contributed by atoms with E-state index in [0.717, 1.165) is 10.5 Å². The summed E-state index contributed by atoms with van der Waals surface area (Å²) in [5, 5.41) is 13.6. The normalized spacial score (nSPS) is 16.3.